The van der Waals surface area contributed by atoms with Crippen molar-refractivity contribution in [2.45, 2.75) is 32.5 Å². The zero-order chi connectivity index (χ0) is 17.9. The summed E-state index contributed by atoms with van der Waals surface area (Å²) in [4.78, 5) is 7.57. The Kier molecular flexibility index (Phi) is 5.05. The zero-order valence-electron chi connectivity index (χ0n) is 13.4. The summed E-state index contributed by atoms with van der Waals surface area (Å²) in [5.74, 6) is -0.283. The first-order valence-corrected chi connectivity index (χ1v) is 7.25. The molecule has 0 aromatic carbocycles. The minimum absolute atomic E-state index is 0.0258. The van der Waals surface area contributed by atoms with Gasteiger partial charge in [0.1, 0.15) is 11.4 Å². The van der Waals surface area contributed by atoms with Crippen LogP contribution in [0.3, 0.4) is 0 Å². The molecule has 0 bridgehead atoms. The van der Waals surface area contributed by atoms with Gasteiger partial charge in [0, 0.05) is 25.7 Å². The fourth-order valence-corrected chi connectivity index (χ4v) is 2.12. The Morgan fingerprint density at radius 2 is 2.12 bits per heavy atom. The van der Waals surface area contributed by atoms with Crippen molar-refractivity contribution in [3.05, 3.63) is 23.7 Å². The second-order valence-electron chi connectivity index (χ2n) is 5.08. The summed E-state index contributed by atoms with van der Waals surface area (Å²) in [5, 5.41) is 17.0. The third kappa shape index (κ3) is 3.63. The van der Waals surface area contributed by atoms with E-state index in [1.54, 1.807) is 17.8 Å². The number of rotatable bonds is 6. The topological polar surface area (TPSA) is 91.5 Å². The first kappa shape index (κ1) is 17.7. The molecule has 0 saturated carbocycles. The van der Waals surface area contributed by atoms with E-state index in [0.717, 1.165) is 6.20 Å². The summed E-state index contributed by atoms with van der Waals surface area (Å²) in [7, 11) is 1.36. The number of hydrogen-bond acceptors (Lipinski definition) is 6. The quantitative estimate of drug-likeness (QED) is 0.701. The van der Waals surface area contributed by atoms with Crippen LogP contribution in [0.1, 0.15) is 30.6 Å². The lowest BCUT2D eigenvalue weighted by Gasteiger charge is -2.12. The molecule has 1 atom stereocenters. The molecule has 2 aromatic heterocycles. The summed E-state index contributed by atoms with van der Waals surface area (Å²) in [6.45, 7) is 3.68. The fraction of sp³-hybridized carbons (Fsp3) is 0.429. The van der Waals surface area contributed by atoms with Gasteiger partial charge in [0.25, 0.3) is 0 Å². The van der Waals surface area contributed by atoms with Gasteiger partial charge < -0.3 is 16.0 Å². The molecule has 0 aliphatic heterocycles. The summed E-state index contributed by atoms with van der Waals surface area (Å²) >= 11 is 0. The third-order valence-electron chi connectivity index (χ3n) is 3.44. The molecule has 7 nitrogen and oxygen atoms in total. The number of aromatic nitrogens is 4. The van der Waals surface area contributed by atoms with Gasteiger partial charge in [0.15, 0.2) is 0 Å². The minimum Gasteiger partial charge on any atom is -0.372 e. The van der Waals surface area contributed by atoms with E-state index in [1.165, 1.54) is 13.3 Å². The van der Waals surface area contributed by atoms with E-state index in [2.05, 4.69) is 25.7 Å². The van der Waals surface area contributed by atoms with E-state index in [0.29, 0.717) is 17.8 Å². The van der Waals surface area contributed by atoms with E-state index >= 15 is 0 Å². The second kappa shape index (κ2) is 6.85. The Balaban J connectivity index is 2.30. The Morgan fingerprint density at radius 1 is 1.42 bits per heavy atom. The van der Waals surface area contributed by atoms with Crippen molar-refractivity contribution >= 4 is 23.7 Å². The molecule has 3 N–H and O–H groups in total. The van der Waals surface area contributed by atoms with Gasteiger partial charge in [0.2, 0.25) is 5.95 Å². The van der Waals surface area contributed by atoms with Crippen molar-refractivity contribution in [3.8, 4) is 0 Å². The number of anilines is 3. The van der Waals surface area contributed by atoms with Gasteiger partial charge in [-0.25, -0.2) is 4.98 Å². The van der Waals surface area contributed by atoms with E-state index < -0.39 is 11.7 Å². The standard InChI is InChI=1S/C14H18F3N7/c1-4-9(5-18)24-7-11(8(2)23-24)21-13-20-6-10(14(15,16)17)12(19-3)22-13/h5-7,9,18H,4H2,1-3H3,(H2,19,20,21,22)/t9-/m0/s1. The molecular formula is C14H18F3N7. The summed E-state index contributed by atoms with van der Waals surface area (Å²) in [6, 6.07) is -0.180. The molecule has 0 unspecified atom stereocenters. The monoisotopic (exact) mass is 341 g/mol. The van der Waals surface area contributed by atoms with Crippen molar-refractivity contribution < 1.29 is 13.2 Å². The van der Waals surface area contributed by atoms with Gasteiger partial charge in [-0.2, -0.15) is 23.3 Å². The number of nitrogens with one attached hydrogen (secondary N) is 3. The lowest BCUT2D eigenvalue weighted by molar-refractivity contribution is -0.137. The molecule has 0 radical (unpaired) electrons. The van der Waals surface area contributed by atoms with Crippen LogP contribution >= 0.6 is 0 Å². The molecule has 2 rings (SSSR count). The normalized spacial score (nSPS) is 12.8. The predicted octanol–water partition coefficient (Wildman–Crippen LogP) is 3.39. The van der Waals surface area contributed by atoms with Crippen LogP contribution in [-0.4, -0.2) is 33.0 Å². The molecule has 0 saturated heterocycles. The van der Waals surface area contributed by atoms with E-state index in [-0.39, 0.29) is 17.8 Å². The van der Waals surface area contributed by atoms with Gasteiger partial charge >= 0.3 is 6.18 Å². The van der Waals surface area contributed by atoms with Crippen LogP contribution in [0.25, 0.3) is 0 Å². The van der Waals surface area contributed by atoms with Crippen LogP contribution in [0.4, 0.5) is 30.6 Å². The molecule has 24 heavy (non-hydrogen) atoms. The highest BCUT2D eigenvalue weighted by Crippen LogP contribution is 2.34. The largest absolute Gasteiger partial charge is 0.421 e. The van der Waals surface area contributed by atoms with Crippen LogP contribution in [0, 0.1) is 12.3 Å². The lowest BCUT2D eigenvalue weighted by atomic mass is 10.2. The second-order valence-corrected chi connectivity index (χ2v) is 5.08. The molecule has 130 valence electrons. The van der Waals surface area contributed by atoms with Crippen molar-refractivity contribution in [1.82, 2.24) is 19.7 Å². The average Bonchev–Trinajstić information content (AvgIpc) is 2.88. The van der Waals surface area contributed by atoms with E-state index in [4.69, 9.17) is 5.41 Å². The van der Waals surface area contributed by atoms with Gasteiger partial charge in [-0.05, 0) is 13.3 Å². The van der Waals surface area contributed by atoms with Crippen molar-refractivity contribution in [3.63, 3.8) is 0 Å². The maximum absolute atomic E-state index is 12.9. The summed E-state index contributed by atoms with van der Waals surface area (Å²) in [6.07, 6.45) is -0.146. The highest BCUT2D eigenvalue weighted by atomic mass is 19.4. The van der Waals surface area contributed by atoms with Gasteiger partial charge in [-0.3, -0.25) is 4.68 Å². The molecule has 0 aliphatic rings. The first-order valence-electron chi connectivity index (χ1n) is 7.25. The molecule has 0 spiro atoms. The number of hydrogen-bond donors (Lipinski definition) is 3. The van der Waals surface area contributed by atoms with Crippen LogP contribution in [0.15, 0.2) is 12.4 Å². The molecule has 0 aliphatic carbocycles. The number of nitrogens with zero attached hydrogens (tertiary/aromatic N) is 4. The Hall–Kier alpha value is -2.65. The predicted molar refractivity (Wildman–Crippen MR) is 84.9 cm³/mol. The van der Waals surface area contributed by atoms with Crippen LogP contribution in [-0.2, 0) is 6.18 Å². The fourth-order valence-electron chi connectivity index (χ4n) is 2.12. The van der Waals surface area contributed by atoms with Crippen molar-refractivity contribution in [2.75, 3.05) is 17.7 Å². The van der Waals surface area contributed by atoms with Gasteiger partial charge in [0.05, 0.1) is 17.4 Å². The maximum Gasteiger partial charge on any atom is 0.421 e. The average molecular weight is 341 g/mol. The molecule has 0 amide bonds. The Bertz CT molecular complexity index is 724. The van der Waals surface area contributed by atoms with Gasteiger partial charge in [-0.1, -0.05) is 6.92 Å². The van der Waals surface area contributed by atoms with E-state index in [1.807, 2.05) is 6.92 Å². The highest BCUT2D eigenvalue weighted by Gasteiger charge is 2.35. The lowest BCUT2D eigenvalue weighted by Crippen LogP contribution is -2.12. The highest BCUT2D eigenvalue weighted by molar-refractivity contribution is 5.61. The molecule has 2 heterocycles. The summed E-state index contributed by atoms with van der Waals surface area (Å²) in [5.41, 5.74) is 0.264. The number of alkyl halides is 3. The first-order chi connectivity index (χ1) is 11.3. The molecule has 0 fully saturated rings. The Labute approximate surface area is 136 Å². The van der Waals surface area contributed by atoms with Crippen LogP contribution < -0.4 is 10.6 Å². The smallest absolute Gasteiger partial charge is 0.372 e. The van der Waals surface area contributed by atoms with Gasteiger partial charge in [-0.15, -0.1) is 0 Å². The zero-order valence-corrected chi connectivity index (χ0v) is 13.4. The van der Waals surface area contributed by atoms with E-state index in [9.17, 15) is 13.2 Å². The van der Waals surface area contributed by atoms with Crippen molar-refractivity contribution in [2.24, 2.45) is 0 Å². The SMILES string of the molecule is CC[C@@H](C=N)n1cc(Nc2ncc(C(F)(F)F)c(NC)n2)c(C)n1. The third-order valence-corrected chi connectivity index (χ3v) is 3.44. The number of aryl methyl sites for hydroxylation is 1. The minimum atomic E-state index is -4.53. The molecular weight excluding hydrogens is 323 g/mol. The number of halogens is 3. The maximum atomic E-state index is 12.9. The molecule has 2 aromatic rings. The molecule has 10 heteroatoms. The van der Waals surface area contributed by atoms with Crippen molar-refractivity contribution in [1.29, 1.82) is 5.41 Å². The van der Waals surface area contributed by atoms with Crippen LogP contribution in [0.2, 0.25) is 0 Å². The summed E-state index contributed by atoms with van der Waals surface area (Å²) < 4.78 is 40.2. The van der Waals surface area contributed by atoms with Crippen LogP contribution in [0.5, 0.6) is 0 Å². The Morgan fingerprint density at radius 3 is 2.67 bits per heavy atom.